The molecular weight excluding hydrogens is 268 g/mol. The van der Waals surface area contributed by atoms with Gasteiger partial charge in [0.15, 0.2) is 0 Å². The first kappa shape index (κ1) is 14.2. The van der Waals surface area contributed by atoms with Gasteiger partial charge in [-0.1, -0.05) is 18.2 Å². The highest BCUT2D eigenvalue weighted by Gasteiger charge is 2.23. The molecule has 3 heteroatoms. The van der Waals surface area contributed by atoms with E-state index in [2.05, 4.69) is 34.1 Å². The molecule has 0 unspecified atom stereocenters. The van der Waals surface area contributed by atoms with E-state index in [4.69, 9.17) is 11.6 Å². The maximum Gasteiger partial charge on any atom is 0.0494 e. The predicted molar refractivity (Wildman–Crippen MR) is 86.6 cm³/mol. The lowest BCUT2D eigenvalue weighted by Crippen LogP contribution is -2.38. The topological polar surface area (TPSA) is 6.48 Å². The second kappa shape index (κ2) is 6.82. The van der Waals surface area contributed by atoms with Crippen LogP contribution in [0.2, 0.25) is 0 Å². The molecule has 0 bridgehead atoms. The number of benzene rings is 1. The SMILES string of the molecule is ClCc1ccccc1N1CCC(CN2CCCC2)CC1. The molecule has 2 nitrogen and oxygen atoms in total. The number of alkyl halides is 1. The van der Waals surface area contributed by atoms with Crippen molar-refractivity contribution < 1.29 is 0 Å². The van der Waals surface area contributed by atoms with Gasteiger partial charge in [0.2, 0.25) is 0 Å². The van der Waals surface area contributed by atoms with Crippen molar-refractivity contribution in [2.45, 2.75) is 31.6 Å². The Morgan fingerprint density at radius 1 is 1.00 bits per heavy atom. The molecule has 0 saturated carbocycles. The molecule has 110 valence electrons. The van der Waals surface area contributed by atoms with Gasteiger partial charge in [-0.15, -0.1) is 11.6 Å². The van der Waals surface area contributed by atoms with Crippen molar-refractivity contribution >= 4 is 17.3 Å². The van der Waals surface area contributed by atoms with E-state index in [0.717, 1.165) is 5.92 Å². The van der Waals surface area contributed by atoms with Crippen LogP contribution in [0.4, 0.5) is 5.69 Å². The molecule has 0 spiro atoms. The number of nitrogens with zero attached hydrogens (tertiary/aromatic N) is 2. The Labute approximate surface area is 127 Å². The zero-order chi connectivity index (χ0) is 13.8. The van der Waals surface area contributed by atoms with Crippen LogP contribution in [-0.4, -0.2) is 37.6 Å². The average molecular weight is 293 g/mol. The Balaban J connectivity index is 1.55. The molecule has 2 heterocycles. The molecule has 20 heavy (non-hydrogen) atoms. The zero-order valence-corrected chi connectivity index (χ0v) is 13.0. The van der Waals surface area contributed by atoms with Gasteiger partial charge in [-0.05, 0) is 56.3 Å². The van der Waals surface area contributed by atoms with Crippen LogP contribution in [0.3, 0.4) is 0 Å². The Kier molecular flexibility index (Phi) is 4.85. The summed E-state index contributed by atoms with van der Waals surface area (Å²) in [4.78, 5) is 5.19. The molecule has 0 aromatic heterocycles. The highest BCUT2D eigenvalue weighted by atomic mass is 35.5. The lowest BCUT2D eigenvalue weighted by atomic mass is 9.95. The highest BCUT2D eigenvalue weighted by Crippen LogP contribution is 2.28. The Morgan fingerprint density at radius 2 is 1.70 bits per heavy atom. The van der Waals surface area contributed by atoms with Crippen LogP contribution in [0.25, 0.3) is 0 Å². The summed E-state index contributed by atoms with van der Waals surface area (Å²) in [6, 6.07) is 8.58. The fraction of sp³-hybridized carbons (Fsp3) is 0.647. The van der Waals surface area contributed by atoms with E-state index in [1.807, 2.05) is 0 Å². The molecule has 0 atom stereocenters. The maximum atomic E-state index is 6.06. The summed E-state index contributed by atoms with van der Waals surface area (Å²) in [6.07, 6.45) is 5.46. The molecule has 2 saturated heterocycles. The summed E-state index contributed by atoms with van der Waals surface area (Å²) in [5, 5.41) is 0. The first-order valence-corrected chi connectivity index (χ1v) is 8.51. The summed E-state index contributed by atoms with van der Waals surface area (Å²) >= 11 is 6.06. The van der Waals surface area contributed by atoms with E-state index in [0.29, 0.717) is 5.88 Å². The van der Waals surface area contributed by atoms with Crippen molar-refractivity contribution in [1.82, 2.24) is 4.90 Å². The molecule has 0 aliphatic carbocycles. The third-order valence-corrected chi connectivity index (χ3v) is 5.09. The van der Waals surface area contributed by atoms with E-state index in [1.54, 1.807) is 0 Å². The zero-order valence-electron chi connectivity index (χ0n) is 12.2. The molecule has 0 amide bonds. The van der Waals surface area contributed by atoms with E-state index >= 15 is 0 Å². The Morgan fingerprint density at radius 3 is 2.40 bits per heavy atom. The van der Waals surface area contributed by atoms with Gasteiger partial charge in [0.1, 0.15) is 0 Å². The van der Waals surface area contributed by atoms with E-state index in [9.17, 15) is 0 Å². The molecular formula is C17H25ClN2. The lowest BCUT2D eigenvalue weighted by Gasteiger charge is -2.36. The standard InChI is InChI=1S/C17H25ClN2/c18-13-16-5-1-2-6-17(16)20-11-7-15(8-12-20)14-19-9-3-4-10-19/h1-2,5-6,15H,3-4,7-14H2. The van der Waals surface area contributed by atoms with Crippen molar-refractivity contribution in [3.63, 3.8) is 0 Å². The minimum Gasteiger partial charge on any atom is -0.371 e. The second-order valence-electron chi connectivity index (χ2n) is 6.20. The fourth-order valence-corrected chi connectivity index (χ4v) is 3.85. The van der Waals surface area contributed by atoms with Crippen LogP contribution in [0, 0.1) is 5.92 Å². The first-order chi connectivity index (χ1) is 9.86. The van der Waals surface area contributed by atoms with Gasteiger partial charge in [-0.3, -0.25) is 0 Å². The van der Waals surface area contributed by atoms with Gasteiger partial charge in [0.25, 0.3) is 0 Å². The lowest BCUT2D eigenvalue weighted by molar-refractivity contribution is 0.249. The summed E-state index contributed by atoms with van der Waals surface area (Å²) in [7, 11) is 0. The number of piperidine rings is 1. The van der Waals surface area contributed by atoms with Crippen LogP contribution < -0.4 is 4.90 Å². The number of likely N-dealkylation sites (tertiary alicyclic amines) is 1. The third-order valence-electron chi connectivity index (χ3n) is 4.81. The van der Waals surface area contributed by atoms with E-state index in [1.165, 1.54) is 69.7 Å². The summed E-state index contributed by atoms with van der Waals surface area (Å²) < 4.78 is 0. The number of halogens is 1. The van der Waals surface area contributed by atoms with Gasteiger partial charge in [-0.25, -0.2) is 0 Å². The van der Waals surface area contributed by atoms with Crippen molar-refractivity contribution in [2.24, 2.45) is 5.92 Å². The molecule has 2 fully saturated rings. The monoisotopic (exact) mass is 292 g/mol. The Bertz CT molecular complexity index is 421. The largest absolute Gasteiger partial charge is 0.371 e. The molecule has 2 aliphatic heterocycles. The summed E-state index contributed by atoms with van der Waals surface area (Å²) in [5.74, 6) is 1.51. The number of para-hydroxylation sites is 1. The van der Waals surface area contributed by atoms with Gasteiger partial charge < -0.3 is 9.80 Å². The van der Waals surface area contributed by atoms with Crippen molar-refractivity contribution in [2.75, 3.05) is 37.6 Å². The van der Waals surface area contributed by atoms with Crippen LogP contribution in [0.15, 0.2) is 24.3 Å². The number of rotatable bonds is 4. The third kappa shape index (κ3) is 3.29. The minimum absolute atomic E-state index is 0.615. The highest BCUT2D eigenvalue weighted by molar-refractivity contribution is 6.17. The number of hydrogen-bond donors (Lipinski definition) is 0. The average Bonchev–Trinajstić information content (AvgIpc) is 3.01. The van der Waals surface area contributed by atoms with Crippen LogP contribution in [0.1, 0.15) is 31.2 Å². The summed E-state index contributed by atoms with van der Waals surface area (Å²) in [5.41, 5.74) is 2.62. The van der Waals surface area contributed by atoms with Crippen molar-refractivity contribution in [3.05, 3.63) is 29.8 Å². The second-order valence-corrected chi connectivity index (χ2v) is 6.47. The molecule has 2 aliphatic rings. The van der Waals surface area contributed by atoms with Gasteiger partial charge in [0, 0.05) is 31.2 Å². The van der Waals surface area contributed by atoms with Crippen LogP contribution in [-0.2, 0) is 5.88 Å². The summed E-state index contributed by atoms with van der Waals surface area (Å²) in [6.45, 7) is 6.36. The van der Waals surface area contributed by atoms with E-state index in [-0.39, 0.29) is 0 Å². The molecule has 3 rings (SSSR count). The minimum atomic E-state index is 0.615. The van der Waals surface area contributed by atoms with Crippen molar-refractivity contribution in [3.8, 4) is 0 Å². The quantitative estimate of drug-likeness (QED) is 0.780. The predicted octanol–water partition coefficient (Wildman–Crippen LogP) is 3.74. The smallest absolute Gasteiger partial charge is 0.0494 e. The molecule has 1 aromatic carbocycles. The van der Waals surface area contributed by atoms with E-state index < -0.39 is 0 Å². The van der Waals surface area contributed by atoms with Crippen LogP contribution in [0.5, 0.6) is 0 Å². The fourth-order valence-electron chi connectivity index (χ4n) is 3.62. The van der Waals surface area contributed by atoms with Gasteiger partial charge >= 0.3 is 0 Å². The molecule has 0 radical (unpaired) electrons. The Hall–Kier alpha value is -0.730. The van der Waals surface area contributed by atoms with Crippen molar-refractivity contribution in [1.29, 1.82) is 0 Å². The maximum absolute atomic E-state index is 6.06. The number of hydrogen-bond acceptors (Lipinski definition) is 2. The van der Waals surface area contributed by atoms with Gasteiger partial charge in [0.05, 0.1) is 0 Å². The van der Waals surface area contributed by atoms with Crippen LogP contribution >= 0.6 is 11.6 Å². The normalized spacial score (nSPS) is 21.6. The molecule has 1 aromatic rings. The van der Waals surface area contributed by atoms with Gasteiger partial charge in [-0.2, -0.15) is 0 Å². The molecule has 0 N–H and O–H groups in total. The first-order valence-electron chi connectivity index (χ1n) is 7.98. The number of anilines is 1.